The van der Waals surface area contributed by atoms with E-state index in [1.807, 2.05) is 0 Å². The minimum Gasteiger partial charge on any atom is -0.311 e. The maximum atomic E-state index is 3.87. The van der Waals surface area contributed by atoms with E-state index in [0.717, 1.165) is 5.92 Å². The molecule has 1 fully saturated rings. The highest BCUT2D eigenvalue weighted by Gasteiger charge is 2.36. The zero-order valence-electron chi connectivity index (χ0n) is 11.5. The zero-order chi connectivity index (χ0) is 12.4. The minimum absolute atomic E-state index is 0.425. The lowest BCUT2D eigenvalue weighted by atomic mass is 9.69. The molecule has 0 bridgehead atoms. The highest BCUT2D eigenvalue weighted by atomic mass is 15.0. The lowest BCUT2D eigenvalue weighted by Crippen LogP contribution is -2.46. The molecule has 1 nitrogen and oxygen atoms in total. The Bertz CT molecular complexity index is 402. The smallest absolute Gasteiger partial charge is 0.0184 e. The van der Waals surface area contributed by atoms with Crippen molar-refractivity contribution in [1.29, 1.82) is 0 Å². The Hall–Kier alpha value is -0.820. The fourth-order valence-electron chi connectivity index (χ4n) is 3.84. The predicted molar refractivity (Wildman–Crippen MR) is 77.0 cm³/mol. The largest absolute Gasteiger partial charge is 0.311 e. The first-order valence-corrected chi connectivity index (χ1v) is 7.66. The van der Waals surface area contributed by atoms with Gasteiger partial charge in [0.1, 0.15) is 0 Å². The van der Waals surface area contributed by atoms with Crippen LogP contribution in [0.3, 0.4) is 0 Å². The van der Waals surface area contributed by atoms with Crippen LogP contribution in [-0.2, 0) is 6.42 Å². The van der Waals surface area contributed by atoms with Crippen molar-refractivity contribution in [3.63, 3.8) is 0 Å². The van der Waals surface area contributed by atoms with Crippen LogP contribution in [0.4, 0.5) is 0 Å². The molecule has 1 aliphatic carbocycles. The third kappa shape index (κ3) is 2.21. The van der Waals surface area contributed by atoms with E-state index in [-0.39, 0.29) is 0 Å². The summed E-state index contributed by atoms with van der Waals surface area (Å²) in [6, 6.07) is 9.01. The van der Waals surface area contributed by atoms with E-state index < -0.39 is 0 Å². The summed E-state index contributed by atoms with van der Waals surface area (Å²) in [5, 5.41) is 3.87. The Morgan fingerprint density at radius 2 is 2.11 bits per heavy atom. The Balaban J connectivity index is 1.71. The van der Waals surface area contributed by atoms with E-state index in [1.54, 1.807) is 11.1 Å². The van der Waals surface area contributed by atoms with Gasteiger partial charge in [-0.05, 0) is 55.7 Å². The summed E-state index contributed by atoms with van der Waals surface area (Å²) in [5.74, 6) is 0.812. The molecule has 0 saturated carbocycles. The maximum absolute atomic E-state index is 3.87. The van der Waals surface area contributed by atoms with E-state index in [9.17, 15) is 0 Å². The Morgan fingerprint density at radius 1 is 1.22 bits per heavy atom. The van der Waals surface area contributed by atoms with Crippen LogP contribution in [0.15, 0.2) is 24.3 Å². The molecule has 1 heterocycles. The van der Waals surface area contributed by atoms with Crippen molar-refractivity contribution in [3.8, 4) is 0 Å². The minimum atomic E-state index is 0.425. The van der Waals surface area contributed by atoms with Crippen LogP contribution in [0, 0.1) is 0 Å². The highest BCUT2D eigenvalue weighted by molar-refractivity contribution is 5.40. The first-order chi connectivity index (χ1) is 8.83. The van der Waals surface area contributed by atoms with Gasteiger partial charge in [0.2, 0.25) is 0 Å². The summed E-state index contributed by atoms with van der Waals surface area (Å²) in [7, 11) is 0. The van der Waals surface area contributed by atoms with Gasteiger partial charge < -0.3 is 5.32 Å². The second-order valence-corrected chi connectivity index (χ2v) is 6.18. The second kappa shape index (κ2) is 5.05. The second-order valence-electron chi connectivity index (χ2n) is 6.18. The SMILES string of the molecule is CCC1(CC2Cc3ccccc32)CCCCCN1. The molecule has 0 aromatic heterocycles. The predicted octanol–water partition coefficient (Wildman–Crippen LogP) is 4.03. The van der Waals surface area contributed by atoms with Gasteiger partial charge in [0.05, 0.1) is 0 Å². The number of hydrogen-bond donors (Lipinski definition) is 1. The normalized spacial score (nSPS) is 31.3. The molecule has 1 aliphatic heterocycles. The van der Waals surface area contributed by atoms with Gasteiger partial charge in [-0.25, -0.2) is 0 Å². The van der Waals surface area contributed by atoms with Crippen molar-refractivity contribution in [3.05, 3.63) is 35.4 Å². The molecule has 0 amide bonds. The summed E-state index contributed by atoms with van der Waals surface area (Å²) in [6.45, 7) is 3.59. The summed E-state index contributed by atoms with van der Waals surface area (Å²) in [6.07, 6.45) is 9.50. The average Bonchev–Trinajstić information content (AvgIpc) is 2.62. The van der Waals surface area contributed by atoms with Crippen molar-refractivity contribution in [1.82, 2.24) is 5.32 Å². The molecule has 3 rings (SSSR count). The molecule has 1 saturated heterocycles. The van der Waals surface area contributed by atoms with Crippen LogP contribution in [0.5, 0.6) is 0 Å². The van der Waals surface area contributed by atoms with Gasteiger partial charge in [0, 0.05) is 5.54 Å². The number of benzene rings is 1. The summed E-state index contributed by atoms with van der Waals surface area (Å²) in [4.78, 5) is 0. The first kappa shape index (κ1) is 12.2. The molecule has 2 unspecified atom stereocenters. The lowest BCUT2D eigenvalue weighted by molar-refractivity contribution is 0.254. The van der Waals surface area contributed by atoms with Crippen LogP contribution in [0.2, 0.25) is 0 Å². The lowest BCUT2D eigenvalue weighted by Gasteiger charge is -2.40. The number of nitrogens with one attached hydrogen (secondary N) is 1. The molecule has 18 heavy (non-hydrogen) atoms. The fraction of sp³-hybridized carbons (Fsp3) is 0.647. The summed E-state index contributed by atoms with van der Waals surface area (Å²) >= 11 is 0. The fourth-order valence-corrected chi connectivity index (χ4v) is 3.84. The van der Waals surface area contributed by atoms with Crippen LogP contribution in [-0.4, -0.2) is 12.1 Å². The molecule has 2 aliphatic rings. The van der Waals surface area contributed by atoms with E-state index in [1.165, 1.54) is 51.5 Å². The van der Waals surface area contributed by atoms with Crippen LogP contribution >= 0.6 is 0 Å². The van der Waals surface area contributed by atoms with E-state index in [4.69, 9.17) is 0 Å². The third-order valence-corrected chi connectivity index (χ3v) is 5.11. The molecule has 1 N–H and O–H groups in total. The molecule has 0 spiro atoms. The molecule has 98 valence electrons. The van der Waals surface area contributed by atoms with Crippen molar-refractivity contribution in [2.24, 2.45) is 0 Å². The van der Waals surface area contributed by atoms with E-state index >= 15 is 0 Å². The number of fused-ring (bicyclic) bond motifs is 1. The Morgan fingerprint density at radius 3 is 2.94 bits per heavy atom. The van der Waals surface area contributed by atoms with Crippen LogP contribution in [0.1, 0.15) is 62.5 Å². The quantitative estimate of drug-likeness (QED) is 0.845. The van der Waals surface area contributed by atoms with Gasteiger partial charge in [0.15, 0.2) is 0 Å². The van der Waals surface area contributed by atoms with Crippen LogP contribution in [0.25, 0.3) is 0 Å². The Labute approximate surface area is 111 Å². The van der Waals surface area contributed by atoms with Crippen molar-refractivity contribution in [2.75, 3.05) is 6.54 Å². The van der Waals surface area contributed by atoms with Crippen molar-refractivity contribution < 1.29 is 0 Å². The van der Waals surface area contributed by atoms with Gasteiger partial charge in [-0.15, -0.1) is 0 Å². The molecular weight excluding hydrogens is 218 g/mol. The number of hydrogen-bond acceptors (Lipinski definition) is 1. The molecule has 2 atom stereocenters. The summed E-state index contributed by atoms with van der Waals surface area (Å²) in [5.41, 5.74) is 3.63. The molecule has 1 aromatic rings. The van der Waals surface area contributed by atoms with Crippen molar-refractivity contribution in [2.45, 2.75) is 63.3 Å². The standard InChI is InChI=1S/C17H25N/c1-2-17(10-6-3-7-11-18-17)13-15-12-14-8-4-5-9-16(14)15/h4-5,8-9,15,18H,2-3,6-7,10-13H2,1H3. The van der Waals surface area contributed by atoms with Gasteiger partial charge >= 0.3 is 0 Å². The van der Waals surface area contributed by atoms with E-state index in [0.29, 0.717) is 5.54 Å². The molecule has 1 heteroatoms. The van der Waals surface area contributed by atoms with Crippen LogP contribution < -0.4 is 5.32 Å². The third-order valence-electron chi connectivity index (χ3n) is 5.11. The molecular formula is C17H25N. The number of rotatable bonds is 3. The topological polar surface area (TPSA) is 12.0 Å². The monoisotopic (exact) mass is 243 g/mol. The first-order valence-electron chi connectivity index (χ1n) is 7.66. The van der Waals surface area contributed by atoms with E-state index in [2.05, 4.69) is 36.5 Å². The van der Waals surface area contributed by atoms with Crippen molar-refractivity contribution >= 4 is 0 Å². The van der Waals surface area contributed by atoms with Gasteiger partial charge in [-0.3, -0.25) is 0 Å². The van der Waals surface area contributed by atoms with Gasteiger partial charge in [0.25, 0.3) is 0 Å². The highest BCUT2D eigenvalue weighted by Crippen LogP contribution is 2.42. The summed E-state index contributed by atoms with van der Waals surface area (Å²) < 4.78 is 0. The average molecular weight is 243 g/mol. The molecule has 1 aromatic carbocycles. The molecule has 0 radical (unpaired) electrons. The Kier molecular flexibility index (Phi) is 3.43. The zero-order valence-corrected chi connectivity index (χ0v) is 11.5. The maximum Gasteiger partial charge on any atom is 0.0184 e. The van der Waals surface area contributed by atoms with Gasteiger partial charge in [-0.2, -0.15) is 0 Å². The van der Waals surface area contributed by atoms with Gasteiger partial charge in [-0.1, -0.05) is 44.0 Å².